The van der Waals surface area contributed by atoms with E-state index in [9.17, 15) is 18.4 Å². The number of hydrogen-bond acceptors (Lipinski definition) is 6. The number of piperidine rings is 1. The van der Waals surface area contributed by atoms with Gasteiger partial charge in [-0.2, -0.15) is 5.10 Å². The Balaban J connectivity index is 1.12. The van der Waals surface area contributed by atoms with E-state index >= 15 is 0 Å². The molecular formula is C24H23F2N5O2S. The van der Waals surface area contributed by atoms with Crippen LogP contribution in [0.25, 0.3) is 0 Å². The molecule has 5 rings (SSSR count). The summed E-state index contributed by atoms with van der Waals surface area (Å²) in [5.74, 6) is -0.911. The van der Waals surface area contributed by atoms with Crippen LogP contribution in [0.3, 0.4) is 0 Å². The van der Waals surface area contributed by atoms with Crippen molar-refractivity contribution in [2.75, 3.05) is 31.1 Å². The molecule has 0 atom stereocenters. The summed E-state index contributed by atoms with van der Waals surface area (Å²) in [6.07, 6.45) is 3.10. The number of carbonyl (C=O) groups is 2. The summed E-state index contributed by atoms with van der Waals surface area (Å²) >= 11 is 1.48. The minimum atomic E-state index is -0.758. The Morgan fingerprint density at radius 3 is 2.44 bits per heavy atom. The van der Waals surface area contributed by atoms with E-state index in [4.69, 9.17) is 0 Å². The fourth-order valence-electron chi connectivity index (χ4n) is 4.40. The van der Waals surface area contributed by atoms with Crippen molar-refractivity contribution in [1.82, 2.24) is 20.4 Å². The topological polar surface area (TPSA) is 78.4 Å². The molecule has 2 fully saturated rings. The fourth-order valence-corrected chi connectivity index (χ4v) is 5.48. The molecular weight excluding hydrogens is 460 g/mol. The van der Waals surface area contributed by atoms with E-state index in [-0.39, 0.29) is 29.3 Å². The van der Waals surface area contributed by atoms with Gasteiger partial charge < -0.3 is 15.1 Å². The molecule has 0 bridgehead atoms. The average molecular weight is 484 g/mol. The van der Waals surface area contributed by atoms with E-state index < -0.39 is 11.6 Å². The second-order valence-electron chi connectivity index (χ2n) is 8.58. The summed E-state index contributed by atoms with van der Waals surface area (Å²) in [7, 11) is 0. The van der Waals surface area contributed by atoms with Gasteiger partial charge in [0.05, 0.1) is 10.9 Å². The van der Waals surface area contributed by atoms with Crippen LogP contribution in [-0.4, -0.2) is 59.1 Å². The van der Waals surface area contributed by atoms with E-state index in [0.29, 0.717) is 31.1 Å². The second-order valence-corrected chi connectivity index (χ2v) is 9.70. The number of halogens is 2. The van der Waals surface area contributed by atoms with Crippen LogP contribution in [0.2, 0.25) is 0 Å². The summed E-state index contributed by atoms with van der Waals surface area (Å²) in [5.41, 5.74) is 0.0277. The third kappa shape index (κ3) is 4.77. The quantitative estimate of drug-likeness (QED) is 0.602. The first-order valence-corrected chi connectivity index (χ1v) is 12.0. The molecule has 2 aromatic heterocycles. The van der Waals surface area contributed by atoms with Crippen molar-refractivity contribution in [3.8, 4) is 0 Å². The molecule has 0 spiro atoms. The van der Waals surface area contributed by atoms with Crippen molar-refractivity contribution in [1.29, 1.82) is 0 Å². The zero-order chi connectivity index (χ0) is 23.7. The van der Waals surface area contributed by atoms with Crippen LogP contribution >= 0.6 is 11.3 Å². The molecule has 1 N–H and O–H groups in total. The van der Waals surface area contributed by atoms with Crippen LogP contribution in [0.1, 0.15) is 43.7 Å². The van der Waals surface area contributed by atoms with E-state index in [1.807, 2.05) is 24.3 Å². The highest BCUT2D eigenvalue weighted by Gasteiger charge is 2.30. The SMILES string of the molecule is O=C(NC1CN(c2cccnn2)C1)c1ccc(C2CCN(C(=O)c3cc(F)cc(F)c3)CC2)s1. The Bertz CT molecular complexity index is 1170. The van der Waals surface area contributed by atoms with Gasteiger partial charge in [0.2, 0.25) is 0 Å². The molecule has 2 amide bonds. The highest BCUT2D eigenvalue weighted by Crippen LogP contribution is 2.33. The third-order valence-electron chi connectivity index (χ3n) is 6.24. The minimum absolute atomic E-state index is 0.0277. The number of amides is 2. The van der Waals surface area contributed by atoms with Gasteiger partial charge in [-0.3, -0.25) is 9.59 Å². The lowest BCUT2D eigenvalue weighted by molar-refractivity contribution is 0.0712. The van der Waals surface area contributed by atoms with Crippen LogP contribution in [0.5, 0.6) is 0 Å². The predicted octanol–water partition coefficient (Wildman–Crippen LogP) is 3.45. The molecule has 0 saturated carbocycles. The second kappa shape index (κ2) is 9.46. The van der Waals surface area contributed by atoms with E-state index in [0.717, 1.165) is 41.7 Å². The van der Waals surface area contributed by atoms with Gasteiger partial charge in [-0.25, -0.2) is 8.78 Å². The van der Waals surface area contributed by atoms with Gasteiger partial charge in [0.1, 0.15) is 11.6 Å². The highest BCUT2D eigenvalue weighted by atomic mass is 32.1. The standard InChI is InChI=1S/C24H23F2N5O2S/c25-17-10-16(11-18(26)12-17)24(33)30-8-5-15(6-9-30)20-3-4-21(34-20)23(32)28-19-13-31(14-19)22-2-1-7-27-29-22/h1-4,7,10-12,15,19H,5-6,8-9,13-14H2,(H,28,32). The van der Waals surface area contributed by atoms with Gasteiger partial charge in [0.15, 0.2) is 5.82 Å². The lowest BCUT2D eigenvalue weighted by Crippen LogP contribution is -2.59. The highest BCUT2D eigenvalue weighted by molar-refractivity contribution is 7.14. The molecule has 2 aliphatic rings. The molecule has 0 aliphatic carbocycles. The fraction of sp³-hybridized carbons (Fsp3) is 0.333. The van der Waals surface area contributed by atoms with E-state index in [1.54, 1.807) is 11.1 Å². The molecule has 34 heavy (non-hydrogen) atoms. The first-order chi connectivity index (χ1) is 16.5. The summed E-state index contributed by atoms with van der Waals surface area (Å²) in [6, 6.07) is 10.5. The van der Waals surface area contributed by atoms with E-state index in [2.05, 4.69) is 20.4 Å². The number of hydrogen-bond donors (Lipinski definition) is 1. The van der Waals surface area contributed by atoms with E-state index in [1.165, 1.54) is 11.3 Å². The number of aromatic nitrogens is 2. The monoisotopic (exact) mass is 483 g/mol. The average Bonchev–Trinajstić information content (AvgIpc) is 3.31. The number of nitrogens with one attached hydrogen (secondary N) is 1. The van der Waals surface area contributed by atoms with Gasteiger partial charge in [-0.1, -0.05) is 0 Å². The van der Waals surface area contributed by atoms with Crippen LogP contribution in [0.15, 0.2) is 48.7 Å². The molecule has 3 aromatic rings. The number of rotatable bonds is 5. The van der Waals surface area contributed by atoms with Crippen molar-refractivity contribution < 1.29 is 18.4 Å². The normalized spacial score (nSPS) is 16.9. The summed E-state index contributed by atoms with van der Waals surface area (Å²) in [5, 5.41) is 11.0. The molecule has 7 nitrogen and oxygen atoms in total. The van der Waals surface area contributed by atoms with Gasteiger partial charge in [-0.15, -0.1) is 16.4 Å². The smallest absolute Gasteiger partial charge is 0.261 e. The van der Waals surface area contributed by atoms with Crippen molar-refractivity contribution in [3.05, 3.63) is 75.6 Å². The number of benzene rings is 1. The zero-order valence-electron chi connectivity index (χ0n) is 18.3. The Kier molecular flexibility index (Phi) is 6.23. The van der Waals surface area contributed by atoms with Crippen LogP contribution < -0.4 is 10.2 Å². The van der Waals surface area contributed by atoms with Gasteiger partial charge >= 0.3 is 0 Å². The molecule has 0 unspecified atom stereocenters. The lowest BCUT2D eigenvalue weighted by atomic mass is 9.95. The van der Waals surface area contributed by atoms with Crippen molar-refractivity contribution in [2.45, 2.75) is 24.8 Å². The Morgan fingerprint density at radius 2 is 1.76 bits per heavy atom. The predicted molar refractivity (Wildman–Crippen MR) is 124 cm³/mol. The largest absolute Gasteiger partial charge is 0.351 e. The first-order valence-electron chi connectivity index (χ1n) is 11.1. The number of likely N-dealkylation sites (tertiary alicyclic amines) is 1. The zero-order valence-corrected chi connectivity index (χ0v) is 19.1. The van der Waals surface area contributed by atoms with Crippen LogP contribution in [0.4, 0.5) is 14.6 Å². The maximum absolute atomic E-state index is 13.5. The number of thiophene rings is 1. The van der Waals surface area contributed by atoms with Crippen LogP contribution in [0, 0.1) is 11.6 Å². The van der Waals surface area contributed by atoms with Gasteiger partial charge in [0, 0.05) is 48.9 Å². The van der Waals surface area contributed by atoms with Gasteiger partial charge in [0.25, 0.3) is 11.8 Å². The number of anilines is 1. The molecule has 4 heterocycles. The van der Waals surface area contributed by atoms with Crippen molar-refractivity contribution >= 4 is 29.0 Å². The van der Waals surface area contributed by atoms with Crippen molar-refractivity contribution in [3.63, 3.8) is 0 Å². The lowest BCUT2D eigenvalue weighted by Gasteiger charge is -2.39. The molecule has 0 radical (unpaired) electrons. The summed E-state index contributed by atoms with van der Waals surface area (Å²) in [6.45, 7) is 2.40. The van der Waals surface area contributed by atoms with Crippen LogP contribution in [-0.2, 0) is 0 Å². The Morgan fingerprint density at radius 1 is 1.03 bits per heavy atom. The Hall–Kier alpha value is -3.40. The third-order valence-corrected chi connectivity index (χ3v) is 7.49. The maximum Gasteiger partial charge on any atom is 0.261 e. The summed E-state index contributed by atoms with van der Waals surface area (Å²) < 4.78 is 26.9. The first kappa shape index (κ1) is 22.4. The maximum atomic E-state index is 13.5. The van der Waals surface area contributed by atoms with Crippen molar-refractivity contribution in [2.24, 2.45) is 0 Å². The number of nitrogens with zero attached hydrogens (tertiary/aromatic N) is 4. The summed E-state index contributed by atoms with van der Waals surface area (Å²) in [4.78, 5) is 30.8. The molecule has 2 aliphatic heterocycles. The molecule has 10 heteroatoms. The molecule has 176 valence electrons. The minimum Gasteiger partial charge on any atom is -0.351 e. The van der Waals surface area contributed by atoms with Gasteiger partial charge in [-0.05, 0) is 55.2 Å². The molecule has 1 aromatic carbocycles. The molecule has 2 saturated heterocycles. The Labute approximate surface area is 199 Å². The number of carbonyl (C=O) groups excluding carboxylic acids is 2.